The van der Waals surface area contributed by atoms with Crippen molar-refractivity contribution in [2.24, 2.45) is 5.73 Å². The lowest BCUT2D eigenvalue weighted by molar-refractivity contribution is 0.0604. The lowest BCUT2D eigenvalue weighted by Crippen LogP contribution is -2.49. The molecule has 0 saturated carbocycles. The Morgan fingerprint density at radius 3 is 2.36 bits per heavy atom. The van der Waals surface area contributed by atoms with Gasteiger partial charge >= 0.3 is 6.03 Å². The van der Waals surface area contributed by atoms with Crippen molar-refractivity contribution in [1.29, 1.82) is 0 Å². The lowest BCUT2D eigenvalue weighted by Gasteiger charge is -2.45. The van der Waals surface area contributed by atoms with Crippen molar-refractivity contribution in [3.8, 4) is 5.75 Å². The molecule has 1 aromatic heterocycles. The molecule has 3 aliphatic rings. The zero-order chi connectivity index (χ0) is 31.1. The Labute approximate surface area is 264 Å². The molecule has 2 atom stereocenters. The summed E-state index contributed by atoms with van der Waals surface area (Å²) in [7, 11) is 0. The Kier molecular flexibility index (Phi) is 7.73. The van der Waals surface area contributed by atoms with Gasteiger partial charge in [-0.2, -0.15) is 0 Å². The third-order valence-electron chi connectivity index (χ3n) is 10.7. The molecular formula is C36H42N6O3. The molecule has 3 aliphatic heterocycles. The number of benzene rings is 3. The number of aromatic hydroxyl groups is 1. The molecule has 4 aromatic rings. The predicted octanol–water partition coefficient (Wildman–Crippen LogP) is 5.97. The van der Waals surface area contributed by atoms with Gasteiger partial charge in [-0.15, -0.1) is 0 Å². The quantitative estimate of drug-likeness (QED) is 0.224. The number of carbonyl (C=O) groups excluding carboxylic acids is 2. The van der Waals surface area contributed by atoms with Gasteiger partial charge in [0.2, 0.25) is 0 Å². The number of imidazole rings is 1. The number of fused-ring (bicyclic) bond motifs is 3. The molecule has 4 heterocycles. The summed E-state index contributed by atoms with van der Waals surface area (Å²) in [6.07, 6.45) is 7.58. The highest BCUT2D eigenvalue weighted by molar-refractivity contribution is 5.99. The number of phenolic OH excluding ortho intramolecular Hbond substituents is 1. The molecule has 3 amide bonds. The second-order valence-electron chi connectivity index (χ2n) is 13.2. The standard InChI is InChI=1S/C36H42N6O3/c1-24-38-31-9-5-6-10-32(31)42(24)29-22-27-12-13-28(23-29)41(27)20-17-36(25-7-3-2-4-8-25)15-18-40(19-16-36)34(44)30-21-26(39-35(37)45)11-14-33(30)43/h2-11,14,21,27-29,43H,12-13,15-20,22-23H2,1H3,(H3,37,39,45). The molecule has 4 N–H and O–H groups in total. The molecule has 9 nitrogen and oxygen atoms in total. The third-order valence-corrected chi connectivity index (χ3v) is 10.7. The van der Waals surface area contributed by atoms with Crippen molar-refractivity contribution in [1.82, 2.24) is 19.4 Å². The lowest BCUT2D eigenvalue weighted by atomic mass is 9.70. The zero-order valence-corrected chi connectivity index (χ0v) is 25.9. The number of likely N-dealkylation sites (tertiary alicyclic amines) is 1. The summed E-state index contributed by atoms with van der Waals surface area (Å²) in [6.45, 7) is 4.40. The van der Waals surface area contributed by atoms with Crippen LogP contribution in [0.2, 0.25) is 0 Å². The first-order valence-electron chi connectivity index (χ1n) is 16.2. The summed E-state index contributed by atoms with van der Waals surface area (Å²) in [4.78, 5) is 34.4. The van der Waals surface area contributed by atoms with Crippen molar-refractivity contribution < 1.29 is 14.7 Å². The van der Waals surface area contributed by atoms with Gasteiger partial charge in [-0.3, -0.25) is 9.69 Å². The first-order valence-corrected chi connectivity index (χ1v) is 16.2. The third kappa shape index (κ3) is 5.54. The van der Waals surface area contributed by atoms with Crippen molar-refractivity contribution in [3.05, 3.63) is 89.7 Å². The highest BCUT2D eigenvalue weighted by Gasteiger charge is 2.44. The highest BCUT2D eigenvalue weighted by atomic mass is 16.3. The van der Waals surface area contributed by atoms with Gasteiger partial charge < -0.3 is 25.6 Å². The maximum Gasteiger partial charge on any atom is 0.316 e. The summed E-state index contributed by atoms with van der Waals surface area (Å²) in [5.74, 6) is 0.778. The van der Waals surface area contributed by atoms with E-state index in [1.54, 1.807) is 0 Å². The average molecular weight is 607 g/mol. The molecule has 0 aliphatic carbocycles. The monoisotopic (exact) mass is 606 g/mol. The van der Waals surface area contributed by atoms with E-state index in [4.69, 9.17) is 10.7 Å². The number of para-hydroxylation sites is 2. The second kappa shape index (κ2) is 11.9. The molecule has 7 rings (SSSR count). The number of carbonyl (C=O) groups is 2. The Hall–Kier alpha value is -4.37. The molecule has 2 bridgehead atoms. The number of nitrogens with zero attached hydrogens (tertiary/aromatic N) is 4. The van der Waals surface area contributed by atoms with Crippen LogP contribution in [0.15, 0.2) is 72.8 Å². The van der Waals surface area contributed by atoms with E-state index in [1.165, 1.54) is 42.1 Å². The van der Waals surface area contributed by atoms with Gasteiger partial charge in [0.15, 0.2) is 0 Å². The smallest absolute Gasteiger partial charge is 0.316 e. The number of amides is 3. The van der Waals surface area contributed by atoms with Crippen LogP contribution < -0.4 is 11.1 Å². The van der Waals surface area contributed by atoms with Gasteiger partial charge in [-0.05, 0) is 99.7 Å². The Balaban J connectivity index is 1.06. The van der Waals surface area contributed by atoms with Crippen molar-refractivity contribution in [2.75, 3.05) is 25.0 Å². The van der Waals surface area contributed by atoms with Gasteiger partial charge in [0.05, 0.1) is 16.6 Å². The Bertz CT molecular complexity index is 1700. The van der Waals surface area contributed by atoms with Gasteiger partial charge in [0.1, 0.15) is 11.6 Å². The van der Waals surface area contributed by atoms with Crippen LogP contribution in [-0.4, -0.2) is 68.1 Å². The van der Waals surface area contributed by atoms with Crippen molar-refractivity contribution in [2.45, 2.75) is 75.4 Å². The molecule has 3 fully saturated rings. The maximum absolute atomic E-state index is 13.5. The number of rotatable bonds is 7. The minimum atomic E-state index is -0.715. The van der Waals surface area contributed by atoms with Gasteiger partial charge in [-0.1, -0.05) is 42.5 Å². The van der Waals surface area contributed by atoms with Crippen LogP contribution in [0.25, 0.3) is 11.0 Å². The molecule has 2 unspecified atom stereocenters. The topological polar surface area (TPSA) is 117 Å². The van der Waals surface area contributed by atoms with Crippen LogP contribution in [0.3, 0.4) is 0 Å². The van der Waals surface area contributed by atoms with Gasteiger partial charge in [0.25, 0.3) is 5.91 Å². The molecule has 3 saturated heterocycles. The minimum Gasteiger partial charge on any atom is -0.507 e. The van der Waals surface area contributed by atoms with Crippen LogP contribution in [0.1, 0.15) is 72.7 Å². The number of nitrogens with two attached hydrogens (primary N) is 1. The van der Waals surface area contributed by atoms with Crippen LogP contribution in [0.5, 0.6) is 5.75 Å². The number of phenols is 1. The minimum absolute atomic E-state index is 0.0249. The van der Waals surface area contributed by atoms with Crippen LogP contribution in [0.4, 0.5) is 10.5 Å². The number of piperidine rings is 2. The number of aromatic nitrogens is 2. The van der Waals surface area contributed by atoms with E-state index in [1.807, 2.05) is 4.90 Å². The van der Waals surface area contributed by atoms with E-state index in [9.17, 15) is 14.7 Å². The van der Waals surface area contributed by atoms with E-state index in [0.29, 0.717) is 36.9 Å². The molecule has 0 spiro atoms. The summed E-state index contributed by atoms with van der Waals surface area (Å²) in [6, 6.07) is 24.7. The second-order valence-corrected chi connectivity index (χ2v) is 13.2. The van der Waals surface area contributed by atoms with Gasteiger partial charge in [0, 0.05) is 36.9 Å². The summed E-state index contributed by atoms with van der Waals surface area (Å²) in [5.41, 5.74) is 9.47. The largest absolute Gasteiger partial charge is 0.507 e. The molecule has 0 radical (unpaired) electrons. The molecule has 234 valence electrons. The SMILES string of the molecule is Cc1nc2ccccc2n1C1CC2CCC(C1)N2CCC1(c2ccccc2)CCN(C(=O)c2cc(NC(N)=O)ccc2O)CC1. The number of primary amides is 1. The fraction of sp³-hybridized carbons (Fsp3) is 0.417. The maximum atomic E-state index is 13.5. The normalized spacial score (nSPS) is 22.9. The van der Waals surface area contributed by atoms with Crippen LogP contribution in [-0.2, 0) is 5.41 Å². The first-order chi connectivity index (χ1) is 21.8. The van der Waals surface area contributed by atoms with Crippen LogP contribution >= 0.6 is 0 Å². The number of aryl methyl sites for hydroxylation is 1. The van der Waals surface area contributed by atoms with Crippen LogP contribution in [0, 0.1) is 6.92 Å². The summed E-state index contributed by atoms with van der Waals surface area (Å²) < 4.78 is 2.49. The fourth-order valence-corrected chi connectivity index (χ4v) is 8.50. The number of nitrogens with one attached hydrogen (secondary N) is 1. The zero-order valence-electron chi connectivity index (χ0n) is 25.9. The number of anilines is 1. The van der Waals surface area contributed by atoms with E-state index in [0.717, 1.165) is 50.0 Å². The number of hydrogen-bond acceptors (Lipinski definition) is 5. The average Bonchev–Trinajstić information content (AvgIpc) is 3.51. The summed E-state index contributed by atoms with van der Waals surface area (Å²) in [5, 5.41) is 13.0. The molecular weight excluding hydrogens is 564 g/mol. The molecule has 3 aromatic carbocycles. The first kappa shape index (κ1) is 29.3. The van der Waals surface area contributed by atoms with Crippen molar-refractivity contribution in [3.63, 3.8) is 0 Å². The fourth-order valence-electron chi connectivity index (χ4n) is 8.50. The van der Waals surface area contributed by atoms with E-state index in [2.05, 4.69) is 76.3 Å². The molecule has 45 heavy (non-hydrogen) atoms. The summed E-state index contributed by atoms with van der Waals surface area (Å²) >= 11 is 0. The van der Waals surface area contributed by atoms with E-state index < -0.39 is 6.03 Å². The predicted molar refractivity (Wildman–Crippen MR) is 175 cm³/mol. The van der Waals surface area contributed by atoms with E-state index >= 15 is 0 Å². The van der Waals surface area contributed by atoms with E-state index in [-0.39, 0.29) is 22.6 Å². The van der Waals surface area contributed by atoms with Crippen molar-refractivity contribution >= 4 is 28.7 Å². The Morgan fingerprint density at radius 2 is 1.64 bits per heavy atom. The highest BCUT2D eigenvalue weighted by Crippen LogP contribution is 2.45. The Morgan fingerprint density at radius 1 is 0.956 bits per heavy atom. The molecule has 9 heteroatoms. The number of urea groups is 1. The van der Waals surface area contributed by atoms with Gasteiger partial charge in [-0.25, -0.2) is 9.78 Å². The number of hydrogen-bond donors (Lipinski definition) is 3.